The summed E-state index contributed by atoms with van der Waals surface area (Å²) < 4.78 is 6.28. The van der Waals surface area contributed by atoms with E-state index >= 15 is 0 Å². The number of nitrogens with one attached hydrogen (secondary N) is 2. The summed E-state index contributed by atoms with van der Waals surface area (Å²) in [6.07, 6.45) is 11.2. The smallest absolute Gasteiger partial charge is 0.251 e. The van der Waals surface area contributed by atoms with Crippen LogP contribution >= 0.6 is 0 Å². The first kappa shape index (κ1) is 25.2. The Hall–Kier alpha value is -2.43. The predicted molar refractivity (Wildman–Crippen MR) is 136 cm³/mol. The molecule has 0 aliphatic heterocycles. The van der Waals surface area contributed by atoms with E-state index in [-0.39, 0.29) is 18.1 Å². The van der Waals surface area contributed by atoms with E-state index in [0.717, 1.165) is 42.9 Å². The molecular weight excluding hydrogens is 408 g/mol. The van der Waals surface area contributed by atoms with Crippen LogP contribution in [-0.4, -0.2) is 32.1 Å². The molecule has 178 valence electrons. The molecule has 4 heteroatoms. The molecule has 0 aromatic heterocycles. The number of hydrogen-bond donors (Lipinski definition) is 2. The number of amides is 1. The minimum atomic E-state index is -0.195. The molecule has 0 bridgehead atoms. The van der Waals surface area contributed by atoms with E-state index in [2.05, 4.69) is 35.4 Å². The Kier molecular flexibility index (Phi) is 10.7. The van der Waals surface area contributed by atoms with E-state index < -0.39 is 0 Å². The van der Waals surface area contributed by atoms with Gasteiger partial charge in [0.15, 0.2) is 0 Å². The number of carbonyl (C=O) groups excluding carboxylic acids is 1. The van der Waals surface area contributed by atoms with E-state index in [9.17, 15) is 4.79 Å². The van der Waals surface area contributed by atoms with Gasteiger partial charge >= 0.3 is 0 Å². The van der Waals surface area contributed by atoms with Crippen LogP contribution in [0.1, 0.15) is 79.0 Å². The standard InChI is InChI=1S/C29H40N2O2/c1-3-4-11-19-33-28(24-15-9-6-10-16-24)25-17-12-18-26(21-25)29(32)31-27(22-30-2)20-23-13-7-5-8-14-23/h3,6,9-10,12,15-18,21,23,27-28,30H,1,4-5,7-8,11,13-14,19-20,22H2,2H3,(H,31,32). The number of ether oxygens (including phenoxy) is 1. The zero-order valence-electron chi connectivity index (χ0n) is 20.1. The third-order valence-corrected chi connectivity index (χ3v) is 6.52. The van der Waals surface area contributed by atoms with Gasteiger partial charge in [-0.05, 0) is 55.5 Å². The molecule has 1 fully saturated rings. The van der Waals surface area contributed by atoms with Crippen LogP contribution in [0.4, 0.5) is 0 Å². The summed E-state index contributed by atoms with van der Waals surface area (Å²) in [6, 6.07) is 18.3. The lowest BCUT2D eigenvalue weighted by molar-refractivity contribution is 0.0785. The second kappa shape index (κ2) is 14.0. The van der Waals surface area contributed by atoms with Gasteiger partial charge in [-0.2, -0.15) is 0 Å². The Balaban J connectivity index is 1.71. The SMILES string of the molecule is C=CCCCOC(c1ccccc1)c1cccc(C(=O)NC(CNC)CC2CCCCC2)c1. The van der Waals surface area contributed by atoms with Gasteiger partial charge in [-0.1, -0.05) is 80.6 Å². The molecule has 2 unspecified atom stereocenters. The van der Waals surface area contributed by atoms with Crippen molar-refractivity contribution in [2.45, 2.75) is 63.5 Å². The fraction of sp³-hybridized carbons (Fsp3) is 0.483. The van der Waals surface area contributed by atoms with E-state index in [1.807, 2.05) is 49.5 Å². The van der Waals surface area contributed by atoms with E-state index in [1.165, 1.54) is 32.1 Å². The van der Waals surface area contributed by atoms with Crippen LogP contribution in [0.2, 0.25) is 0 Å². The van der Waals surface area contributed by atoms with Gasteiger partial charge < -0.3 is 15.4 Å². The molecule has 0 radical (unpaired) electrons. The summed E-state index contributed by atoms with van der Waals surface area (Å²) in [7, 11) is 1.95. The molecular formula is C29H40N2O2. The Morgan fingerprint density at radius 1 is 1.09 bits per heavy atom. The number of allylic oxidation sites excluding steroid dienone is 1. The normalized spacial score (nSPS) is 16.2. The zero-order chi connectivity index (χ0) is 23.3. The van der Waals surface area contributed by atoms with Crippen molar-refractivity contribution in [3.8, 4) is 0 Å². The van der Waals surface area contributed by atoms with Gasteiger partial charge in [0.2, 0.25) is 0 Å². The minimum absolute atomic E-state index is 0.00798. The molecule has 0 saturated heterocycles. The van der Waals surface area contributed by atoms with Crippen LogP contribution in [0, 0.1) is 5.92 Å². The molecule has 1 aliphatic rings. The largest absolute Gasteiger partial charge is 0.369 e. The molecule has 0 spiro atoms. The molecule has 0 heterocycles. The van der Waals surface area contributed by atoms with Crippen molar-refractivity contribution in [2.24, 2.45) is 5.92 Å². The molecule has 33 heavy (non-hydrogen) atoms. The summed E-state index contributed by atoms with van der Waals surface area (Å²) in [5.41, 5.74) is 2.79. The highest BCUT2D eigenvalue weighted by atomic mass is 16.5. The van der Waals surface area contributed by atoms with Crippen LogP contribution in [0.3, 0.4) is 0 Å². The molecule has 1 saturated carbocycles. The first-order valence-corrected chi connectivity index (χ1v) is 12.5. The highest BCUT2D eigenvalue weighted by Crippen LogP contribution is 2.28. The van der Waals surface area contributed by atoms with Gasteiger partial charge in [0.25, 0.3) is 5.91 Å². The molecule has 1 amide bonds. The number of benzene rings is 2. The van der Waals surface area contributed by atoms with Crippen molar-refractivity contribution >= 4 is 5.91 Å². The summed E-state index contributed by atoms with van der Waals surface area (Å²) >= 11 is 0. The highest BCUT2D eigenvalue weighted by molar-refractivity contribution is 5.94. The zero-order valence-corrected chi connectivity index (χ0v) is 20.1. The highest BCUT2D eigenvalue weighted by Gasteiger charge is 2.22. The van der Waals surface area contributed by atoms with E-state index in [1.54, 1.807) is 0 Å². The summed E-state index contributed by atoms with van der Waals surface area (Å²) in [5.74, 6) is 0.710. The number of hydrogen-bond acceptors (Lipinski definition) is 3. The fourth-order valence-corrected chi connectivity index (χ4v) is 4.82. The second-order valence-corrected chi connectivity index (χ2v) is 9.19. The molecule has 2 atom stereocenters. The van der Waals surface area contributed by atoms with Crippen molar-refractivity contribution in [3.05, 3.63) is 83.9 Å². The van der Waals surface area contributed by atoms with Gasteiger partial charge in [0.1, 0.15) is 6.10 Å². The molecule has 1 aliphatic carbocycles. The minimum Gasteiger partial charge on any atom is -0.369 e. The maximum atomic E-state index is 13.2. The van der Waals surface area contributed by atoms with Crippen LogP contribution in [0.15, 0.2) is 67.3 Å². The third-order valence-electron chi connectivity index (χ3n) is 6.52. The van der Waals surface area contributed by atoms with Crippen molar-refractivity contribution < 1.29 is 9.53 Å². The molecule has 2 aromatic carbocycles. The van der Waals surface area contributed by atoms with Crippen LogP contribution in [0.25, 0.3) is 0 Å². The average molecular weight is 449 g/mol. The Labute approximate surface area is 199 Å². The lowest BCUT2D eigenvalue weighted by atomic mass is 9.84. The topological polar surface area (TPSA) is 50.4 Å². The maximum Gasteiger partial charge on any atom is 0.251 e. The summed E-state index contributed by atoms with van der Waals surface area (Å²) in [5, 5.41) is 6.55. The molecule has 4 nitrogen and oxygen atoms in total. The van der Waals surface area contributed by atoms with Crippen molar-refractivity contribution in [1.82, 2.24) is 10.6 Å². The lowest BCUT2D eigenvalue weighted by Gasteiger charge is -2.27. The molecule has 2 aromatic rings. The van der Waals surface area contributed by atoms with Gasteiger partial charge in [-0.15, -0.1) is 6.58 Å². The van der Waals surface area contributed by atoms with E-state index in [4.69, 9.17) is 4.74 Å². The third kappa shape index (κ3) is 8.13. The lowest BCUT2D eigenvalue weighted by Crippen LogP contribution is -2.42. The van der Waals surface area contributed by atoms with Crippen LogP contribution in [-0.2, 0) is 4.74 Å². The number of unbranched alkanes of at least 4 members (excludes halogenated alkanes) is 1. The van der Waals surface area contributed by atoms with Gasteiger partial charge in [0, 0.05) is 24.8 Å². The molecule has 3 rings (SSSR count). The van der Waals surface area contributed by atoms with E-state index in [0.29, 0.717) is 12.2 Å². The van der Waals surface area contributed by atoms with Gasteiger partial charge in [-0.25, -0.2) is 0 Å². The maximum absolute atomic E-state index is 13.2. The quantitative estimate of drug-likeness (QED) is 0.290. The first-order valence-electron chi connectivity index (χ1n) is 12.5. The predicted octanol–water partition coefficient (Wildman–Crippen LogP) is 6.05. The van der Waals surface area contributed by atoms with Crippen LogP contribution < -0.4 is 10.6 Å². The summed E-state index contributed by atoms with van der Waals surface area (Å²) in [4.78, 5) is 13.2. The van der Waals surface area contributed by atoms with Crippen molar-refractivity contribution in [2.75, 3.05) is 20.2 Å². The first-order chi connectivity index (χ1) is 16.2. The monoisotopic (exact) mass is 448 g/mol. The average Bonchev–Trinajstić information content (AvgIpc) is 2.85. The Morgan fingerprint density at radius 2 is 1.85 bits per heavy atom. The number of likely N-dealkylation sites (N-methyl/N-ethyl adjacent to an activating group) is 1. The van der Waals surface area contributed by atoms with Gasteiger partial charge in [0.05, 0.1) is 0 Å². The number of rotatable bonds is 13. The van der Waals surface area contributed by atoms with Crippen LogP contribution in [0.5, 0.6) is 0 Å². The fourth-order valence-electron chi connectivity index (χ4n) is 4.82. The van der Waals surface area contributed by atoms with Gasteiger partial charge in [-0.3, -0.25) is 4.79 Å². The number of carbonyl (C=O) groups is 1. The second-order valence-electron chi connectivity index (χ2n) is 9.19. The van der Waals surface area contributed by atoms with Crippen molar-refractivity contribution in [1.29, 1.82) is 0 Å². The molecule has 2 N–H and O–H groups in total. The Bertz CT molecular complexity index is 846. The Morgan fingerprint density at radius 3 is 2.58 bits per heavy atom. The summed E-state index contributed by atoms with van der Waals surface area (Å²) in [6.45, 7) is 5.23. The van der Waals surface area contributed by atoms with Crippen molar-refractivity contribution in [3.63, 3.8) is 0 Å².